The van der Waals surface area contributed by atoms with E-state index in [1.807, 2.05) is 30.3 Å². The van der Waals surface area contributed by atoms with Crippen molar-refractivity contribution in [3.63, 3.8) is 0 Å². The first-order valence-electron chi connectivity index (χ1n) is 8.75. The van der Waals surface area contributed by atoms with Crippen LogP contribution in [0.4, 0.5) is 5.13 Å². The molecule has 0 saturated heterocycles. The van der Waals surface area contributed by atoms with E-state index >= 15 is 0 Å². The molecule has 0 aliphatic heterocycles. The number of anilines is 1. The number of thiazole rings is 1. The predicted octanol–water partition coefficient (Wildman–Crippen LogP) is 3.96. The smallest absolute Gasteiger partial charge is 0.273 e. The molecule has 0 aliphatic carbocycles. The van der Waals surface area contributed by atoms with Crippen molar-refractivity contribution in [1.29, 1.82) is 0 Å². The standard InChI is InChI=1S/C22H19N3O3S/c1-28-18-10-7-17(8-11-18)15-19(21(27)25-22-23-13-14-29-22)24-20(26)12-9-16-5-3-2-4-6-16/h2-15H,1H3,(H,24,26)(H,23,25,27)/b12-9+,19-15-. The third kappa shape index (κ3) is 6.15. The van der Waals surface area contributed by atoms with Crippen LogP contribution in [-0.2, 0) is 9.59 Å². The van der Waals surface area contributed by atoms with E-state index in [9.17, 15) is 9.59 Å². The first-order chi connectivity index (χ1) is 14.1. The molecule has 0 radical (unpaired) electrons. The van der Waals surface area contributed by atoms with Crippen LogP contribution in [-0.4, -0.2) is 23.9 Å². The zero-order valence-corrected chi connectivity index (χ0v) is 16.5. The fourth-order valence-corrected chi connectivity index (χ4v) is 2.91. The Labute approximate surface area is 172 Å². The number of aromatic nitrogens is 1. The molecule has 0 aliphatic rings. The third-order valence-electron chi connectivity index (χ3n) is 3.81. The number of hydrogen-bond acceptors (Lipinski definition) is 5. The normalized spacial score (nSPS) is 11.3. The van der Waals surface area contributed by atoms with Crippen LogP contribution < -0.4 is 15.4 Å². The molecule has 29 heavy (non-hydrogen) atoms. The number of hydrogen-bond donors (Lipinski definition) is 2. The van der Waals surface area contributed by atoms with Crippen LogP contribution >= 0.6 is 11.3 Å². The van der Waals surface area contributed by atoms with Crippen LogP contribution in [0.3, 0.4) is 0 Å². The van der Waals surface area contributed by atoms with E-state index in [-0.39, 0.29) is 5.70 Å². The van der Waals surface area contributed by atoms with Gasteiger partial charge in [-0.1, -0.05) is 42.5 Å². The van der Waals surface area contributed by atoms with E-state index in [1.165, 1.54) is 17.4 Å². The molecule has 7 heteroatoms. The molecule has 146 valence electrons. The molecular formula is C22H19N3O3S. The fraction of sp³-hybridized carbons (Fsp3) is 0.0455. The summed E-state index contributed by atoms with van der Waals surface area (Å²) in [4.78, 5) is 29.1. The van der Waals surface area contributed by atoms with Gasteiger partial charge in [0.25, 0.3) is 5.91 Å². The number of carbonyl (C=O) groups is 2. The van der Waals surface area contributed by atoms with Crippen molar-refractivity contribution >= 4 is 40.4 Å². The number of benzene rings is 2. The average molecular weight is 405 g/mol. The number of nitrogens with zero attached hydrogens (tertiary/aromatic N) is 1. The molecule has 6 nitrogen and oxygen atoms in total. The average Bonchev–Trinajstić information content (AvgIpc) is 3.26. The maximum absolute atomic E-state index is 12.7. The second-order valence-electron chi connectivity index (χ2n) is 5.86. The molecule has 3 rings (SSSR count). The summed E-state index contributed by atoms with van der Waals surface area (Å²) in [6.07, 6.45) is 6.25. The van der Waals surface area contributed by atoms with E-state index in [4.69, 9.17) is 4.74 Å². The highest BCUT2D eigenvalue weighted by atomic mass is 32.1. The van der Waals surface area contributed by atoms with Crippen LogP contribution in [0.1, 0.15) is 11.1 Å². The van der Waals surface area contributed by atoms with Gasteiger partial charge in [0, 0.05) is 17.7 Å². The van der Waals surface area contributed by atoms with Crippen molar-refractivity contribution in [2.45, 2.75) is 0 Å². The Kier molecular flexibility index (Phi) is 6.91. The molecule has 0 fully saturated rings. The first kappa shape index (κ1) is 20.0. The minimum absolute atomic E-state index is 0.105. The van der Waals surface area contributed by atoms with Gasteiger partial charge in [0.05, 0.1) is 7.11 Å². The summed E-state index contributed by atoms with van der Waals surface area (Å²) in [5, 5.41) is 7.53. The Morgan fingerprint density at radius 1 is 1.03 bits per heavy atom. The Bertz CT molecular complexity index is 1010. The lowest BCUT2D eigenvalue weighted by atomic mass is 10.1. The van der Waals surface area contributed by atoms with E-state index in [1.54, 1.807) is 55.1 Å². The number of methoxy groups -OCH3 is 1. The molecule has 1 heterocycles. The lowest BCUT2D eigenvalue weighted by Crippen LogP contribution is -2.29. The molecule has 2 N–H and O–H groups in total. The molecule has 0 atom stereocenters. The van der Waals surface area contributed by atoms with Crippen LogP contribution in [0.2, 0.25) is 0 Å². The summed E-state index contributed by atoms with van der Waals surface area (Å²) in [5.74, 6) is -0.175. The highest BCUT2D eigenvalue weighted by Gasteiger charge is 2.13. The number of rotatable bonds is 7. The van der Waals surface area contributed by atoms with Gasteiger partial charge in [0.2, 0.25) is 5.91 Å². The molecule has 0 unspecified atom stereocenters. The van der Waals surface area contributed by atoms with Gasteiger partial charge in [-0.2, -0.15) is 0 Å². The highest BCUT2D eigenvalue weighted by Crippen LogP contribution is 2.15. The fourth-order valence-electron chi connectivity index (χ4n) is 2.39. The highest BCUT2D eigenvalue weighted by molar-refractivity contribution is 7.13. The van der Waals surface area contributed by atoms with E-state index in [0.717, 1.165) is 11.1 Å². The molecule has 1 aromatic heterocycles. The van der Waals surface area contributed by atoms with Crippen LogP contribution in [0.5, 0.6) is 5.75 Å². The number of carbonyl (C=O) groups excluding carboxylic acids is 2. The Morgan fingerprint density at radius 3 is 2.45 bits per heavy atom. The topological polar surface area (TPSA) is 80.3 Å². The van der Waals surface area contributed by atoms with Crippen molar-refractivity contribution in [2.24, 2.45) is 0 Å². The zero-order valence-electron chi connectivity index (χ0n) is 15.7. The molecule has 0 saturated carbocycles. The number of ether oxygens (including phenoxy) is 1. The van der Waals surface area contributed by atoms with Gasteiger partial charge in [-0.3, -0.25) is 14.9 Å². The van der Waals surface area contributed by atoms with Gasteiger partial charge in [-0.05, 0) is 35.4 Å². The Hall–Kier alpha value is -3.71. The van der Waals surface area contributed by atoms with E-state index < -0.39 is 11.8 Å². The number of amides is 2. The van der Waals surface area contributed by atoms with Gasteiger partial charge in [0.15, 0.2) is 5.13 Å². The first-order valence-corrected chi connectivity index (χ1v) is 9.63. The predicted molar refractivity (Wildman–Crippen MR) is 115 cm³/mol. The summed E-state index contributed by atoms with van der Waals surface area (Å²) in [6.45, 7) is 0. The van der Waals surface area contributed by atoms with Gasteiger partial charge in [-0.25, -0.2) is 4.98 Å². The summed E-state index contributed by atoms with van der Waals surface area (Å²) >= 11 is 1.29. The largest absolute Gasteiger partial charge is 0.497 e. The van der Waals surface area contributed by atoms with E-state index in [0.29, 0.717) is 10.9 Å². The van der Waals surface area contributed by atoms with Crippen LogP contribution in [0.25, 0.3) is 12.2 Å². The summed E-state index contributed by atoms with van der Waals surface area (Å²) in [7, 11) is 1.58. The van der Waals surface area contributed by atoms with Gasteiger partial charge in [-0.15, -0.1) is 11.3 Å². The number of nitrogens with one attached hydrogen (secondary N) is 2. The lowest BCUT2D eigenvalue weighted by Gasteiger charge is -2.08. The molecule has 2 aromatic carbocycles. The van der Waals surface area contributed by atoms with Crippen molar-refractivity contribution in [1.82, 2.24) is 10.3 Å². The summed E-state index contributed by atoms with van der Waals surface area (Å²) < 4.78 is 5.14. The summed E-state index contributed by atoms with van der Waals surface area (Å²) in [5.41, 5.74) is 1.73. The Morgan fingerprint density at radius 2 is 1.79 bits per heavy atom. The van der Waals surface area contributed by atoms with Crippen molar-refractivity contribution < 1.29 is 14.3 Å². The van der Waals surface area contributed by atoms with E-state index in [2.05, 4.69) is 15.6 Å². The van der Waals surface area contributed by atoms with Crippen LogP contribution in [0, 0.1) is 0 Å². The van der Waals surface area contributed by atoms with Crippen molar-refractivity contribution in [3.05, 3.63) is 89.1 Å². The second-order valence-corrected chi connectivity index (χ2v) is 6.75. The minimum Gasteiger partial charge on any atom is -0.497 e. The zero-order chi connectivity index (χ0) is 20.5. The monoisotopic (exact) mass is 405 g/mol. The van der Waals surface area contributed by atoms with Gasteiger partial charge < -0.3 is 10.1 Å². The molecule has 0 spiro atoms. The van der Waals surface area contributed by atoms with Crippen molar-refractivity contribution in [2.75, 3.05) is 12.4 Å². The van der Waals surface area contributed by atoms with Gasteiger partial charge >= 0.3 is 0 Å². The maximum Gasteiger partial charge on any atom is 0.273 e. The maximum atomic E-state index is 12.7. The van der Waals surface area contributed by atoms with Crippen molar-refractivity contribution in [3.8, 4) is 5.75 Å². The second kappa shape index (κ2) is 10.0. The molecular weight excluding hydrogens is 386 g/mol. The Balaban J connectivity index is 1.79. The quantitative estimate of drug-likeness (QED) is 0.583. The SMILES string of the molecule is COc1ccc(/C=C(\NC(=O)/C=C/c2ccccc2)C(=O)Nc2nccs2)cc1. The molecule has 2 amide bonds. The molecule has 0 bridgehead atoms. The third-order valence-corrected chi connectivity index (χ3v) is 4.50. The van der Waals surface area contributed by atoms with Gasteiger partial charge in [0.1, 0.15) is 11.4 Å². The van der Waals surface area contributed by atoms with Crippen LogP contribution in [0.15, 0.2) is 77.9 Å². The molecule has 3 aromatic rings. The lowest BCUT2D eigenvalue weighted by molar-refractivity contribution is -0.118. The minimum atomic E-state index is -0.461. The summed E-state index contributed by atoms with van der Waals surface area (Å²) in [6, 6.07) is 16.6.